The Morgan fingerprint density at radius 3 is 2.92 bits per heavy atom. The molecule has 0 aromatic rings. The third-order valence-electron chi connectivity index (χ3n) is 1.53. The number of hydrogen-bond donors (Lipinski definition) is 0. The number of rotatable bonds is 3. The predicted molar refractivity (Wildman–Crippen MR) is 48.2 cm³/mol. The molecular weight excluding hydrogens is 172 g/mol. The van der Waals surface area contributed by atoms with E-state index in [1.807, 2.05) is 13.8 Å². The van der Waals surface area contributed by atoms with Crippen molar-refractivity contribution >= 4 is 11.8 Å². The molecule has 0 aliphatic carbocycles. The van der Waals surface area contributed by atoms with Gasteiger partial charge in [-0.3, -0.25) is 4.99 Å². The summed E-state index contributed by atoms with van der Waals surface area (Å²) in [6, 6.07) is 0. The maximum absolute atomic E-state index is 11.2. The van der Waals surface area contributed by atoms with Crippen molar-refractivity contribution in [1.29, 1.82) is 0 Å². The summed E-state index contributed by atoms with van der Waals surface area (Å²) in [5, 5.41) is 11.5. The number of ether oxygens (including phenoxy) is 1. The molecule has 0 fully saturated rings. The van der Waals surface area contributed by atoms with Crippen LogP contribution in [0.1, 0.15) is 13.8 Å². The van der Waals surface area contributed by atoms with Gasteiger partial charge in [0.05, 0.1) is 13.2 Å². The van der Waals surface area contributed by atoms with Gasteiger partial charge < -0.3 is 15.0 Å². The van der Waals surface area contributed by atoms with Crippen molar-refractivity contribution < 1.29 is 9.53 Å². The summed E-state index contributed by atoms with van der Waals surface area (Å²) in [5.74, 6) is -0.437. The Kier molecular flexibility index (Phi) is 3.25. The first-order chi connectivity index (χ1) is 6.11. The van der Waals surface area contributed by atoms with E-state index >= 15 is 0 Å². The third-order valence-corrected chi connectivity index (χ3v) is 1.53. The molecule has 0 saturated carbocycles. The van der Waals surface area contributed by atoms with E-state index in [1.54, 1.807) is 0 Å². The summed E-state index contributed by atoms with van der Waals surface area (Å²) in [6.07, 6.45) is 0. The van der Waals surface area contributed by atoms with Gasteiger partial charge in [-0.2, -0.15) is 0 Å². The van der Waals surface area contributed by atoms with Crippen LogP contribution in [0.25, 0.3) is 0 Å². The second-order valence-electron chi connectivity index (χ2n) is 3.30. The average Bonchev–Trinajstić information content (AvgIpc) is 2.47. The van der Waals surface area contributed by atoms with Gasteiger partial charge in [-0.25, -0.2) is 4.79 Å². The highest BCUT2D eigenvalue weighted by molar-refractivity contribution is 6.35. The second kappa shape index (κ2) is 4.23. The standard InChI is InChI=1S/C8H13N2O3/c1-6(2)5-13-8(11)7-9-3-4-10(7)12/h6H,3-5H2,1-2H3/q-1. The molecule has 5 nitrogen and oxygen atoms in total. The Labute approximate surface area is 77.0 Å². The number of hydrogen-bond acceptors (Lipinski definition) is 5. The Morgan fingerprint density at radius 1 is 1.77 bits per heavy atom. The zero-order valence-electron chi connectivity index (χ0n) is 7.82. The van der Waals surface area contributed by atoms with Crippen LogP contribution in [0.15, 0.2) is 4.99 Å². The number of esters is 1. The van der Waals surface area contributed by atoms with E-state index in [-0.39, 0.29) is 18.3 Å². The summed E-state index contributed by atoms with van der Waals surface area (Å²) < 4.78 is 4.85. The normalized spacial score (nSPS) is 16.3. The molecule has 0 radical (unpaired) electrons. The van der Waals surface area contributed by atoms with Crippen LogP contribution in [-0.2, 0) is 9.53 Å². The van der Waals surface area contributed by atoms with Crippen molar-refractivity contribution in [2.45, 2.75) is 13.8 Å². The monoisotopic (exact) mass is 185 g/mol. The van der Waals surface area contributed by atoms with Gasteiger partial charge in [0.2, 0.25) is 0 Å². The highest BCUT2D eigenvalue weighted by Crippen LogP contribution is 2.02. The Hall–Kier alpha value is -1.10. The molecule has 1 heterocycles. The average molecular weight is 185 g/mol. The topological polar surface area (TPSA) is 65.0 Å². The van der Waals surface area contributed by atoms with Crippen LogP contribution in [0, 0.1) is 11.1 Å². The highest BCUT2D eigenvalue weighted by atomic mass is 16.6. The lowest BCUT2D eigenvalue weighted by Gasteiger charge is -2.24. The maximum atomic E-state index is 11.2. The summed E-state index contributed by atoms with van der Waals surface area (Å²) in [5.41, 5.74) is 0. The number of aliphatic imine (C=N–C) groups is 1. The van der Waals surface area contributed by atoms with Crippen molar-refractivity contribution in [3.05, 3.63) is 5.21 Å². The largest absolute Gasteiger partial charge is 0.757 e. The molecule has 74 valence electrons. The van der Waals surface area contributed by atoms with E-state index in [9.17, 15) is 10.0 Å². The smallest absolute Gasteiger partial charge is 0.372 e. The molecule has 1 rings (SSSR count). The first-order valence-corrected chi connectivity index (χ1v) is 4.27. The van der Waals surface area contributed by atoms with E-state index < -0.39 is 5.97 Å². The molecule has 0 N–H and O–H groups in total. The molecule has 1 aliphatic rings. The summed E-state index contributed by atoms with van der Waals surface area (Å²) >= 11 is 0. The van der Waals surface area contributed by atoms with E-state index in [0.29, 0.717) is 18.2 Å². The van der Waals surface area contributed by atoms with Gasteiger partial charge in [0.1, 0.15) is 0 Å². The van der Waals surface area contributed by atoms with E-state index in [4.69, 9.17) is 4.74 Å². The minimum Gasteiger partial charge on any atom is -0.757 e. The van der Waals surface area contributed by atoms with Crippen molar-refractivity contribution in [1.82, 2.24) is 5.06 Å². The highest BCUT2D eigenvalue weighted by Gasteiger charge is 2.18. The number of carbonyl (C=O) groups is 1. The minimum absolute atomic E-state index is 0.0966. The van der Waals surface area contributed by atoms with Gasteiger partial charge in [0.15, 0.2) is 5.84 Å². The van der Waals surface area contributed by atoms with Crippen LogP contribution in [0.5, 0.6) is 0 Å². The quantitative estimate of drug-likeness (QED) is 0.597. The molecule has 0 spiro atoms. The zero-order chi connectivity index (χ0) is 9.84. The molecule has 1 aliphatic heterocycles. The third kappa shape index (κ3) is 2.69. The van der Waals surface area contributed by atoms with Crippen LogP contribution in [-0.4, -0.2) is 36.6 Å². The molecule has 0 unspecified atom stereocenters. The molecule has 5 heteroatoms. The van der Waals surface area contributed by atoms with Gasteiger partial charge in [-0.15, -0.1) is 0 Å². The molecular formula is C8H13N2O3-. The van der Waals surface area contributed by atoms with Gasteiger partial charge in [-0.05, 0) is 5.92 Å². The predicted octanol–water partition coefficient (Wildman–Crippen LogP) is 0.398. The first kappa shape index (κ1) is 9.98. The lowest BCUT2D eigenvalue weighted by molar-refractivity contribution is -0.137. The molecule has 13 heavy (non-hydrogen) atoms. The van der Waals surface area contributed by atoms with Crippen LogP contribution in [0.2, 0.25) is 0 Å². The summed E-state index contributed by atoms with van der Waals surface area (Å²) in [7, 11) is 0. The molecule has 0 atom stereocenters. The summed E-state index contributed by atoms with van der Waals surface area (Å²) in [4.78, 5) is 14.9. The minimum atomic E-state index is -0.610. The zero-order valence-corrected chi connectivity index (χ0v) is 7.82. The van der Waals surface area contributed by atoms with E-state index in [2.05, 4.69) is 4.99 Å². The van der Waals surface area contributed by atoms with Gasteiger partial charge >= 0.3 is 5.97 Å². The number of amidine groups is 1. The number of hydroxylamine groups is 2. The maximum Gasteiger partial charge on any atom is 0.372 e. The molecule has 0 saturated heterocycles. The van der Waals surface area contributed by atoms with Gasteiger partial charge in [0, 0.05) is 6.54 Å². The van der Waals surface area contributed by atoms with E-state index in [1.165, 1.54) is 0 Å². The van der Waals surface area contributed by atoms with Crippen LogP contribution in [0.4, 0.5) is 0 Å². The first-order valence-electron chi connectivity index (χ1n) is 4.27. The van der Waals surface area contributed by atoms with Crippen LogP contribution in [0.3, 0.4) is 0 Å². The molecule has 0 aromatic carbocycles. The Bertz CT molecular complexity index is 225. The van der Waals surface area contributed by atoms with Crippen LogP contribution >= 0.6 is 0 Å². The van der Waals surface area contributed by atoms with Crippen LogP contribution < -0.4 is 0 Å². The van der Waals surface area contributed by atoms with Gasteiger partial charge in [0.25, 0.3) is 0 Å². The van der Waals surface area contributed by atoms with Crippen molar-refractivity contribution in [2.75, 3.05) is 19.7 Å². The molecule has 0 amide bonds. The fraction of sp³-hybridized carbons (Fsp3) is 0.750. The fourth-order valence-electron chi connectivity index (χ4n) is 0.905. The lowest BCUT2D eigenvalue weighted by Crippen LogP contribution is -2.30. The Balaban J connectivity index is 2.39. The SMILES string of the molecule is CC(C)COC(=O)C1=NCCN1[O-]. The Morgan fingerprint density at radius 2 is 2.46 bits per heavy atom. The fourth-order valence-corrected chi connectivity index (χ4v) is 0.905. The second-order valence-corrected chi connectivity index (χ2v) is 3.30. The molecule has 0 bridgehead atoms. The number of nitrogens with zero attached hydrogens (tertiary/aromatic N) is 2. The van der Waals surface area contributed by atoms with Gasteiger partial charge in [-0.1, -0.05) is 13.8 Å². The number of carbonyl (C=O) groups excluding carboxylic acids is 1. The van der Waals surface area contributed by atoms with Crippen molar-refractivity contribution in [3.8, 4) is 0 Å². The van der Waals surface area contributed by atoms with Crippen molar-refractivity contribution in [2.24, 2.45) is 10.9 Å². The molecule has 0 aromatic heterocycles. The van der Waals surface area contributed by atoms with E-state index in [0.717, 1.165) is 0 Å². The summed E-state index contributed by atoms with van der Waals surface area (Å²) in [6.45, 7) is 4.82. The van der Waals surface area contributed by atoms with Crippen molar-refractivity contribution in [3.63, 3.8) is 0 Å². The lowest BCUT2D eigenvalue weighted by atomic mass is 10.2.